The average Bonchev–Trinajstić information content (AvgIpc) is 2.17. The molecule has 0 unspecified atom stereocenters. The first-order valence-electron chi connectivity index (χ1n) is 5.15. The Balaban J connectivity index is 2.25. The zero-order chi connectivity index (χ0) is 8.97. The van der Waals surface area contributed by atoms with Crippen molar-refractivity contribution >= 4 is 0 Å². The Hall–Kier alpha value is -0.0800. The minimum absolute atomic E-state index is 0.784. The van der Waals surface area contributed by atoms with Crippen LogP contribution in [0.4, 0.5) is 0 Å². The summed E-state index contributed by atoms with van der Waals surface area (Å²) in [4.78, 5) is 2.48. The highest BCUT2D eigenvalue weighted by atomic mass is 15.1. The molecule has 2 heteroatoms. The van der Waals surface area contributed by atoms with Crippen LogP contribution < -0.4 is 5.32 Å². The van der Waals surface area contributed by atoms with Gasteiger partial charge in [-0.25, -0.2) is 0 Å². The van der Waals surface area contributed by atoms with Gasteiger partial charge in [0.05, 0.1) is 0 Å². The topological polar surface area (TPSA) is 15.3 Å². The van der Waals surface area contributed by atoms with E-state index in [4.69, 9.17) is 0 Å². The quantitative estimate of drug-likeness (QED) is 0.690. The van der Waals surface area contributed by atoms with Crippen molar-refractivity contribution in [2.75, 3.05) is 20.6 Å². The van der Waals surface area contributed by atoms with E-state index in [0.717, 1.165) is 12.1 Å². The molecule has 0 aromatic carbocycles. The van der Waals surface area contributed by atoms with Crippen LogP contribution in [0, 0.1) is 0 Å². The molecule has 0 radical (unpaired) electrons. The van der Waals surface area contributed by atoms with Crippen molar-refractivity contribution in [2.24, 2.45) is 0 Å². The lowest BCUT2D eigenvalue weighted by atomic mass is 9.90. The molecule has 1 rings (SSSR count). The molecule has 0 amide bonds. The third-order valence-electron chi connectivity index (χ3n) is 3.23. The molecule has 2 nitrogen and oxygen atoms in total. The molecule has 1 N–H and O–H groups in total. The van der Waals surface area contributed by atoms with E-state index in [0.29, 0.717) is 0 Å². The molecular formula is C10H22N2. The van der Waals surface area contributed by atoms with E-state index in [1.165, 1.54) is 32.2 Å². The van der Waals surface area contributed by atoms with Crippen LogP contribution in [0.25, 0.3) is 0 Å². The SMILES string of the molecule is CCN(C)[C@H]1CC[C@H](NC)CC1. The number of rotatable bonds is 3. The number of nitrogens with zero attached hydrogens (tertiary/aromatic N) is 1. The lowest BCUT2D eigenvalue weighted by Gasteiger charge is -2.33. The van der Waals surface area contributed by atoms with Crippen LogP contribution in [-0.2, 0) is 0 Å². The molecule has 0 atom stereocenters. The van der Waals surface area contributed by atoms with E-state index in [1.807, 2.05) is 0 Å². The van der Waals surface area contributed by atoms with Crippen molar-refractivity contribution in [3.05, 3.63) is 0 Å². The van der Waals surface area contributed by atoms with Crippen molar-refractivity contribution in [1.29, 1.82) is 0 Å². The maximum absolute atomic E-state index is 3.36. The zero-order valence-corrected chi connectivity index (χ0v) is 8.64. The van der Waals surface area contributed by atoms with Gasteiger partial charge in [-0.3, -0.25) is 0 Å². The molecule has 1 saturated carbocycles. The largest absolute Gasteiger partial charge is 0.317 e. The molecule has 0 saturated heterocycles. The van der Waals surface area contributed by atoms with Crippen molar-refractivity contribution < 1.29 is 0 Å². The van der Waals surface area contributed by atoms with Crippen molar-refractivity contribution in [3.63, 3.8) is 0 Å². The molecule has 1 aliphatic rings. The van der Waals surface area contributed by atoms with E-state index < -0.39 is 0 Å². The summed E-state index contributed by atoms with van der Waals surface area (Å²) in [6.45, 7) is 3.43. The Bertz CT molecular complexity index is 117. The first-order valence-corrected chi connectivity index (χ1v) is 5.15. The second-order valence-electron chi connectivity index (χ2n) is 3.87. The van der Waals surface area contributed by atoms with Gasteiger partial charge in [-0.2, -0.15) is 0 Å². The Kier molecular flexibility index (Phi) is 4.02. The summed E-state index contributed by atoms with van der Waals surface area (Å²) in [6, 6.07) is 1.63. The summed E-state index contributed by atoms with van der Waals surface area (Å²) < 4.78 is 0. The van der Waals surface area contributed by atoms with Crippen molar-refractivity contribution in [1.82, 2.24) is 10.2 Å². The maximum atomic E-state index is 3.36. The number of nitrogens with one attached hydrogen (secondary N) is 1. The van der Waals surface area contributed by atoms with Gasteiger partial charge in [0.25, 0.3) is 0 Å². The third-order valence-corrected chi connectivity index (χ3v) is 3.23. The normalized spacial score (nSPS) is 31.0. The van der Waals surface area contributed by atoms with Crippen LogP contribution in [-0.4, -0.2) is 37.6 Å². The van der Waals surface area contributed by atoms with E-state index in [2.05, 4.69) is 31.2 Å². The Morgan fingerprint density at radius 1 is 1.25 bits per heavy atom. The minimum atomic E-state index is 0.784. The third kappa shape index (κ3) is 2.46. The van der Waals surface area contributed by atoms with Crippen molar-refractivity contribution in [3.8, 4) is 0 Å². The lowest BCUT2D eigenvalue weighted by molar-refractivity contribution is 0.184. The summed E-state index contributed by atoms with van der Waals surface area (Å²) in [5.74, 6) is 0. The Morgan fingerprint density at radius 3 is 2.25 bits per heavy atom. The van der Waals surface area contributed by atoms with Gasteiger partial charge < -0.3 is 10.2 Å². The highest BCUT2D eigenvalue weighted by molar-refractivity contribution is 4.80. The standard InChI is InChI=1S/C10H22N2/c1-4-12(3)10-7-5-9(11-2)6-8-10/h9-11H,4-8H2,1-3H3/t9-,10-. The molecule has 0 heterocycles. The predicted molar refractivity (Wildman–Crippen MR) is 53.4 cm³/mol. The molecule has 0 spiro atoms. The molecule has 0 aromatic heterocycles. The Morgan fingerprint density at radius 2 is 1.83 bits per heavy atom. The molecule has 1 aliphatic carbocycles. The summed E-state index contributed by atoms with van der Waals surface area (Å²) in [5, 5.41) is 3.36. The minimum Gasteiger partial charge on any atom is -0.317 e. The maximum Gasteiger partial charge on any atom is 0.00932 e. The Labute approximate surface area is 76.3 Å². The van der Waals surface area contributed by atoms with E-state index in [1.54, 1.807) is 0 Å². The first-order chi connectivity index (χ1) is 5.77. The summed E-state index contributed by atoms with van der Waals surface area (Å²) in [5.41, 5.74) is 0. The van der Waals surface area contributed by atoms with Gasteiger partial charge >= 0.3 is 0 Å². The van der Waals surface area contributed by atoms with E-state index >= 15 is 0 Å². The second kappa shape index (κ2) is 4.83. The van der Waals surface area contributed by atoms with Gasteiger partial charge in [-0.1, -0.05) is 6.92 Å². The molecule has 0 aromatic rings. The fourth-order valence-electron chi connectivity index (χ4n) is 2.06. The van der Waals surface area contributed by atoms with Crippen LogP contribution in [0.5, 0.6) is 0 Å². The number of hydrogen-bond donors (Lipinski definition) is 1. The lowest BCUT2D eigenvalue weighted by Crippen LogP contribution is -2.39. The monoisotopic (exact) mass is 170 g/mol. The van der Waals surface area contributed by atoms with Crippen LogP contribution in [0.1, 0.15) is 32.6 Å². The summed E-state index contributed by atoms with van der Waals surface area (Å²) >= 11 is 0. The van der Waals surface area contributed by atoms with E-state index in [-0.39, 0.29) is 0 Å². The van der Waals surface area contributed by atoms with Gasteiger partial charge in [0.15, 0.2) is 0 Å². The van der Waals surface area contributed by atoms with E-state index in [9.17, 15) is 0 Å². The molecule has 72 valence electrons. The van der Waals surface area contributed by atoms with Gasteiger partial charge in [-0.15, -0.1) is 0 Å². The van der Waals surface area contributed by atoms with Gasteiger partial charge in [0.1, 0.15) is 0 Å². The van der Waals surface area contributed by atoms with Crippen LogP contribution >= 0.6 is 0 Å². The van der Waals surface area contributed by atoms with Crippen LogP contribution in [0.2, 0.25) is 0 Å². The molecule has 12 heavy (non-hydrogen) atoms. The highest BCUT2D eigenvalue weighted by Gasteiger charge is 2.21. The van der Waals surface area contributed by atoms with Gasteiger partial charge in [-0.05, 0) is 46.3 Å². The average molecular weight is 170 g/mol. The highest BCUT2D eigenvalue weighted by Crippen LogP contribution is 2.21. The van der Waals surface area contributed by atoms with Crippen LogP contribution in [0.15, 0.2) is 0 Å². The second-order valence-corrected chi connectivity index (χ2v) is 3.87. The summed E-state index contributed by atoms with van der Waals surface area (Å²) in [7, 11) is 4.32. The molecular weight excluding hydrogens is 148 g/mol. The predicted octanol–water partition coefficient (Wildman–Crippen LogP) is 1.47. The fourth-order valence-corrected chi connectivity index (χ4v) is 2.06. The zero-order valence-electron chi connectivity index (χ0n) is 8.64. The smallest absolute Gasteiger partial charge is 0.00932 e. The van der Waals surface area contributed by atoms with Crippen LogP contribution in [0.3, 0.4) is 0 Å². The summed E-state index contributed by atoms with van der Waals surface area (Å²) in [6.07, 6.45) is 5.45. The molecule has 0 bridgehead atoms. The number of hydrogen-bond acceptors (Lipinski definition) is 2. The van der Waals surface area contributed by atoms with Gasteiger partial charge in [0, 0.05) is 12.1 Å². The molecule has 0 aliphatic heterocycles. The van der Waals surface area contributed by atoms with Crippen molar-refractivity contribution in [2.45, 2.75) is 44.7 Å². The molecule has 1 fully saturated rings. The fraction of sp³-hybridized carbons (Fsp3) is 1.00. The van der Waals surface area contributed by atoms with Gasteiger partial charge in [0.2, 0.25) is 0 Å². The first kappa shape index (κ1) is 10.0.